The van der Waals surface area contributed by atoms with Gasteiger partial charge < -0.3 is 14.5 Å². The van der Waals surface area contributed by atoms with Crippen LogP contribution in [-0.4, -0.2) is 23.9 Å². The molecule has 0 fully saturated rings. The van der Waals surface area contributed by atoms with Gasteiger partial charge in [0.15, 0.2) is 5.76 Å². The largest absolute Gasteiger partial charge is 0.465 e. The van der Waals surface area contributed by atoms with Crippen LogP contribution in [0.25, 0.3) is 11.3 Å². The van der Waals surface area contributed by atoms with Crippen LogP contribution in [0.3, 0.4) is 0 Å². The number of non-ortho nitro benzene ring substituents is 1. The third-order valence-corrected chi connectivity index (χ3v) is 5.32. The second-order valence-electron chi connectivity index (χ2n) is 5.90. The van der Waals surface area contributed by atoms with Gasteiger partial charge in [-0.3, -0.25) is 14.9 Å². The van der Waals surface area contributed by atoms with Crippen molar-refractivity contribution < 1.29 is 23.7 Å². The number of carbonyl (C=O) groups is 2. The highest BCUT2D eigenvalue weighted by atomic mass is 32.1. The Morgan fingerprint density at radius 3 is 2.43 bits per heavy atom. The van der Waals surface area contributed by atoms with Crippen LogP contribution in [0.4, 0.5) is 10.7 Å². The number of benzene rings is 1. The Morgan fingerprint density at radius 2 is 1.82 bits per heavy atom. The molecular weight excluding hydrogens is 384 g/mol. The van der Waals surface area contributed by atoms with Gasteiger partial charge in [0.2, 0.25) is 0 Å². The predicted molar refractivity (Wildman–Crippen MR) is 104 cm³/mol. The van der Waals surface area contributed by atoms with Crippen molar-refractivity contribution in [2.45, 2.75) is 13.8 Å². The zero-order valence-corrected chi connectivity index (χ0v) is 16.1. The average Bonchev–Trinajstić information content (AvgIpc) is 3.27. The molecule has 0 spiro atoms. The molecule has 0 bridgehead atoms. The number of methoxy groups -OCH3 is 1. The minimum absolute atomic E-state index is 0.0351. The molecule has 1 aromatic carbocycles. The molecule has 0 aliphatic rings. The van der Waals surface area contributed by atoms with E-state index in [4.69, 9.17) is 9.15 Å². The number of hydrogen-bond donors (Lipinski definition) is 1. The summed E-state index contributed by atoms with van der Waals surface area (Å²) in [4.78, 5) is 35.7. The molecule has 0 aliphatic carbocycles. The van der Waals surface area contributed by atoms with Gasteiger partial charge in [0.05, 0.1) is 17.6 Å². The zero-order chi connectivity index (χ0) is 20.4. The molecule has 28 heavy (non-hydrogen) atoms. The summed E-state index contributed by atoms with van der Waals surface area (Å²) in [6.45, 7) is 3.63. The number of ether oxygens (including phenoxy) is 1. The summed E-state index contributed by atoms with van der Waals surface area (Å²) in [6, 6.07) is 8.90. The second kappa shape index (κ2) is 7.65. The summed E-state index contributed by atoms with van der Waals surface area (Å²) < 4.78 is 10.4. The molecule has 1 amide bonds. The van der Waals surface area contributed by atoms with Crippen LogP contribution in [0.1, 0.15) is 31.4 Å². The fourth-order valence-corrected chi connectivity index (χ4v) is 3.63. The molecule has 0 aliphatic heterocycles. The number of furan rings is 1. The Morgan fingerprint density at radius 1 is 1.14 bits per heavy atom. The van der Waals surface area contributed by atoms with Crippen LogP contribution >= 0.6 is 11.3 Å². The fraction of sp³-hybridized carbons (Fsp3) is 0.158. The smallest absolute Gasteiger partial charge is 0.341 e. The summed E-state index contributed by atoms with van der Waals surface area (Å²) in [5.74, 6) is -0.595. The monoisotopic (exact) mass is 400 g/mol. The topological polar surface area (TPSA) is 112 Å². The molecule has 8 nitrogen and oxygen atoms in total. The van der Waals surface area contributed by atoms with E-state index in [0.29, 0.717) is 21.9 Å². The van der Waals surface area contributed by atoms with Gasteiger partial charge in [-0.05, 0) is 43.7 Å². The van der Waals surface area contributed by atoms with Crippen LogP contribution in [0.15, 0.2) is 40.8 Å². The molecule has 2 aromatic heterocycles. The molecular formula is C19H16N2O6S. The summed E-state index contributed by atoms with van der Waals surface area (Å²) >= 11 is 1.28. The van der Waals surface area contributed by atoms with E-state index in [1.165, 1.54) is 36.6 Å². The summed E-state index contributed by atoms with van der Waals surface area (Å²) in [5, 5.41) is 13.8. The van der Waals surface area contributed by atoms with E-state index in [2.05, 4.69) is 5.32 Å². The fourth-order valence-electron chi connectivity index (χ4n) is 2.59. The lowest BCUT2D eigenvalue weighted by Gasteiger charge is -2.04. The Bertz CT molecular complexity index is 1060. The average molecular weight is 400 g/mol. The number of thiophene rings is 1. The molecule has 0 atom stereocenters. The molecule has 3 aromatic rings. The summed E-state index contributed by atoms with van der Waals surface area (Å²) in [5.41, 5.74) is 1.63. The van der Waals surface area contributed by atoms with Crippen molar-refractivity contribution in [1.29, 1.82) is 0 Å². The maximum atomic E-state index is 12.5. The quantitative estimate of drug-likeness (QED) is 0.381. The van der Waals surface area contributed by atoms with Crippen molar-refractivity contribution in [1.82, 2.24) is 0 Å². The number of nitro benzene ring substituents is 1. The van der Waals surface area contributed by atoms with Gasteiger partial charge in [-0.15, -0.1) is 11.3 Å². The number of rotatable bonds is 5. The van der Waals surface area contributed by atoms with Crippen LogP contribution in [0, 0.1) is 24.0 Å². The van der Waals surface area contributed by atoms with Gasteiger partial charge in [-0.25, -0.2) is 4.79 Å². The highest BCUT2D eigenvalue weighted by Crippen LogP contribution is 2.33. The number of nitrogens with one attached hydrogen (secondary N) is 1. The number of anilines is 1. The van der Waals surface area contributed by atoms with E-state index in [1.54, 1.807) is 25.1 Å². The van der Waals surface area contributed by atoms with Gasteiger partial charge in [-0.2, -0.15) is 0 Å². The van der Waals surface area contributed by atoms with Crippen molar-refractivity contribution in [3.05, 3.63) is 68.3 Å². The van der Waals surface area contributed by atoms with Crippen molar-refractivity contribution in [2.24, 2.45) is 0 Å². The third kappa shape index (κ3) is 3.65. The Kier molecular flexibility index (Phi) is 5.27. The van der Waals surface area contributed by atoms with E-state index in [-0.39, 0.29) is 11.4 Å². The van der Waals surface area contributed by atoms with Crippen molar-refractivity contribution in [2.75, 3.05) is 12.4 Å². The number of carbonyl (C=O) groups excluding carboxylic acids is 2. The highest BCUT2D eigenvalue weighted by Gasteiger charge is 2.23. The molecule has 0 saturated heterocycles. The van der Waals surface area contributed by atoms with Crippen molar-refractivity contribution in [3.63, 3.8) is 0 Å². The van der Waals surface area contributed by atoms with Gasteiger partial charge in [0.25, 0.3) is 11.6 Å². The van der Waals surface area contributed by atoms with Gasteiger partial charge in [0, 0.05) is 22.6 Å². The van der Waals surface area contributed by atoms with E-state index >= 15 is 0 Å². The van der Waals surface area contributed by atoms with Crippen LogP contribution in [0.5, 0.6) is 0 Å². The predicted octanol–water partition coefficient (Wildman–Crippen LogP) is 4.57. The Hall–Kier alpha value is -3.46. The molecule has 1 N–H and O–H groups in total. The number of aryl methyl sites for hydroxylation is 1. The third-order valence-electron chi connectivity index (χ3n) is 4.19. The summed E-state index contributed by atoms with van der Waals surface area (Å²) in [6.07, 6.45) is 0. The minimum Gasteiger partial charge on any atom is -0.465 e. The first-order valence-electron chi connectivity index (χ1n) is 8.16. The number of esters is 1. The zero-order valence-electron chi connectivity index (χ0n) is 15.3. The molecule has 2 heterocycles. The van der Waals surface area contributed by atoms with Crippen molar-refractivity contribution >= 4 is 33.9 Å². The lowest BCUT2D eigenvalue weighted by atomic mass is 10.1. The molecule has 9 heteroatoms. The molecule has 144 valence electrons. The molecule has 0 saturated carbocycles. The van der Waals surface area contributed by atoms with Crippen LogP contribution < -0.4 is 5.32 Å². The summed E-state index contributed by atoms with van der Waals surface area (Å²) in [7, 11) is 1.28. The van der Waals surface area contributed by atoms with Gasteiger partial charge in [-0.1, -0.05) is 0 Å². The molecule has 0 radical (unpaired) electrons. The Labute approximate surface area is 163 Å². The number of amides is 1. The van der Waals surface area contributed by atoms with Crippen LogP contribution in [-0.2, 0) is 4.74 Å². The van der Waals surface area contributed by atoms with E-state index < -0.39 is 16.8 Å². The van der Waals surface area contributed by atoms with Crippen molar-refractivity contribution in [3.8, 4) is 11.3 Å². The number of nitrogens with zero attached hydrogens (tertiary/aromatic N) is 1. The lowest BCUT2D eigenvalue weighted by Crippen LogP contribution is -2.13. The number of nitro groups is 1. The molecule has 0 unspecified atom stereocenters. The first-order valence-corrected chi connectivity index (χ1v) is 8.97. The maximum absolute atomic E-state index is 12.5. The first-order chi connectivity index (χ1) is 13.3. The Balaban J connectivity index is 1.83. The number of hydrogen-bond acceptors (Lipinski definition) is 7. The minimum atomic E-state index is -0.525. The second-order valence-corrected chi connectivity index (χ2v) is 7.13. The molecule has 3 rings (SSSR count). The normalized spacial score (nSPS) is 10.5. The maximum Gasteiger partial charge on any atom is 0.341 e. The SMILES string of the molecule is COC(=O)c1c(NC(=O)c2ccc(-c3ccc([N+](=O)[O-])cc3)o2)sc(C)c1C. The van der Waals surface area contributed by atoms with Gasteiger partial charge >= 0.3 is 5.97 Å². The first kappa shape index (κ1) is 19.3. The van der Waals surface area contributed by atoms with E-state index in [1.807, 2.05) is 6.92 Å². The van der Waals surface area contributed by atoms with E-state index in [0.717, 1.165) is 10.4 Å². The lowest BCUT2D eigenvalue weighted by molar-refractivity contribution is -0.384. The van der Waals surface area contributed by atoms with Crippen LogP contribution in [0.2, 0.25) is 0 Å². The standard InChI is InChI=1S/C19H16N2O6S/c1-10-11(2)28-18(16(10)19(23)26-3)20-17(22)15-9-8-14(27-15)12-4-6-13(7-5-12)21(24)25/h4-9H,1-3H3,(H,20,22). The van der Waals surface area contributed by atoms with E-state index in [9.17, 15) is 19.7 Å². The highest BCUT2D eigenvalue weighted by molar-refractivity contribution is 7.16. The van der Waals surface area contributed by atoms with Gasteiger partial charge in [0.1, 0.15) is 10.8 Å².